The number of aromatic hydroxyl groups is 1. The van der Waals surface area contributed by atoms with E-state index in [2.05, 4.69) is 5.32 Å². The molecule has 1 aromatic carbocycles. The molecule has 0 bridgehead atoms. The number of alkyl halides is 1. The van der Waals surface area contributed by atoms with Gasteiger partial charge in [0.05, 0.1) is 6.04 Å². The third kappa shape index (κ3) is 4.42. The second-order valence-corrected chi connectivity index (χ2v) is 7.31. The van der Waals surface area contributed by atoms with Crippen LogP contribution in [0, 0.1) is 11.6 Å². The van der Waals surface area contributed by atoms with Gasteiger partial charge >= 0.3 is 0 Å². The van der Waals surface area contributed by atoms with Crippen molar-refractivity contribution in [2.45, 2.75) is 32.4 Å². The van der Waals surface area contributed by atoms with Crippen molar-refractivity contribution in [3.63, 3.8) is 0 Å². The summed E-state index contributed by atoms with van der Waals surface area (Å²) in [5, 5.41) is 12.7. The lowest BCUT2D eigenvalue weighted by molar-refractivity contribution is 0.0640. The number of carbonyl (C=O) groups is 2. The van der Waals surface area contributed by atoms with Crippen LogP contribution in [0.25, 0.3) is 0 Å². The van der Waals surface area contributed by atoms with E-state index in [1.54, 1.807) is 0 Å². The van der Waals surface area contributed by atoms with Crippen LogP contribution in [0.1, 0.15) is 52.2 Å². The largest absolute Gasteiger partial charge is 0.503 e. The fourth-order valence-corrected chi connectivity index (χ4v) is 3.46. The topological polar surface area (TPSA) is 91.6 Å². The maximum Gasteiger partial charge on any atom is 0.274 e. The number of nitrogens with zero attached hydrogens (tertiary/aromatic N) is 2. The van der Waals surface area contributed by atoms with Gasteiger partial charge in [0.1, 0.15) is 23.9 Å². The first kappa shape index (κ1) is 22.4. The van der Waals surface area contributed by atoms with Gasteiger partial charge in [-0.2, -0.15) is 0 Å². The number of fused-ring (bicyclic) bond motifs is 1. The van der Waals surface area contributed by atoms with Crippen LogP contribution in [-0.2, 0) is 6.54 Å². The van der Waals surface area contributed by atoms with Gasteiger partial charge in [-0.1, -0.05) is 19.4 Å². The van der Waals surface area contributed by atoms with Crippen molar-refractivity contribution in [2.75, 3.05) is 19.8 Å². The zero-order valence-corrected chi connectivity index (χ0v) is 16.8. The number of nitrogens with one attached hydrogen (secondary N) is 1. The van der Waals surface area contributed by atoms with E-state index in [-0.39, 0.29) is 24.3 Å². The smallest absolute Gasteiger partial charge is 0.274 e. The second kappa shape index (κ2) is 9.23. The summed E-state index contributed by atoms with van der Waals surface area (Å²) in [6.45, 7) is 1.09. The Bertz CT molecular complexity index is 1070. The predicted octanol–water partition coefficient (Wildman–Crippen LogP) is 2.53. The molecule has 1 aliphatic rings. The predicted molar refractivity (Wildman–Crippen MR) is 106 cm³/mol. The zero-order chi connectivity index (χ0) is 22.7. The van der Waals surface area contributed by atoms with Crippen molar-refractivity contribution >= 4 is 11.8 Å². The molecule has 1 aromatic heterocycles. The van der Waals surface area contributed by atoms with Crippen LogP contribution in [-0.4, -0.2) is 46.2 Å². The van der Waals surface area contributed by atoms with Crippen molar-refractivity contribution in [3.05, 3.63) is 63.1 Å². The molecule has 7 nitrogen and oxygen atoms in total. The molecule has 0 unspecified atom stereocenters. The highest BCUT2D eigenvalue weighted by atomic mass is 19.1. The molecule has 2 heterocycles. The molecule has 10 heteroatoms. The SMILES string of the molecule is CCCCN1C[C@@H](CF)n2cc(C(=O)NCc3ccc(F)cc3F)c(=O)c(O)c2C1=O. The molecule has 1 aliphatic heterocycles. The lowest BCUT2D eigenvalue weighted by atomic mass is 10.1. The summed E-state index contributed by atoms with van der Waals surface area (Å²) in [6.07, 6.45) is 2.51. The molecular weight excluding hydrogens is 415 g/mol. The molecule has 0 saturated carbocycles. The molecule has 0 aliphatic carbocycles. The zero-order valence-electron chi connectivity index (χ0n) is 16.8. The van der Waals surface area contributed by atoms with E-state index in [4.69, 9.17) is 0 Å². The van der Waals surface area contributed by atoms with Crippen LogP contribution in [0.3, 0.4) is 0 Å². The molecular formula is C21H22F3N3O4. The minimum Gasteiger partial charge on any atom is -0.503 e. The molecule has 166 valence electrons. The number of pyridine rings is 1. The third-order valence-electron chi connectivity index (χ3n) is 5.18. The van der Waals surface area contributed by atoms with Crippen molar-refractivity contribution in [3.8, 4) is 5.75 Å². The number of carbonyl (C=O) groups excluding carboxylic acids is 2. The summed E-state index contributed by atoms with van der Waals surface area (Å²) < 4.78 is 41.6. The quantitative estimate of drug-likeness (QED) is 0.697. The normalized spacial score (nSPS) is 15.7. The lowest BCUT2D eigenvalue weighted by Gasteiger charge is -2.35. The van der Waals surface area contributed by atoms with E-state index in [1.165, 1.54) is 4.90 Å². The van der Waals surface area contributed by atoms with Crippen LogP contribution in [0.2, 0.25) is 0 Å². The average molecular weight is 437 g/mol. The number of hydrogen-bond donors (Lipinski definition) is 2. The minimum absolute atomic E-state index is 0.0135. The lowest BCUT2D eigenvalue weighted by Crippen LogP contribution is -2.46. The first-order valence-corrected chi connectivity index (χ1v) is 9.83. The number of amides is 2. The average Bonchev–Trinajstić information content (AvgIpc) is 2.74. The highest BCUT2D eigenvalue weighted by molar-refractivity contribution is 5.99. The van der Waals surface area contributed by atoms with Gasteiger partial charge in [0.15, 0.2) is 11.4 Å². The maximum absolute atomic E-state index is 13.8. The van der Waals surface area contributed by atoms with Gasteiger partial charge in [0.2, 0.25) is 5.43 Å². The summed E-state index contributed by atoms with van der Waals surface area (Å²) in [5.41, 5.74) is -1.99. The Balaban J connectivity index is 1.91. The van der Waals surface area contributed by atoms with E-state index in [9.17, 15) is 32.7 Å². The van der Waals surface area contributed by atoms with Gasteiger partial charge in [-0.3, -0.25) is 14.4 Å². The Hall–Kier alpha value is -3.30. The number of benzene rings is 1. The highest BCUT2D eigenvalue weighted by Crippen LogP contribution is 2.27. The molecule has 2 N–H and O–H groups in total. The Morgan fingerprint density at radius 3 is 2.68 bits per heavy atom. The van der Waals surface area contributed by atoms with Crippen LogP contribution in [0.15, 0.2) is 29.2 Å². The molecule has 31 heavy (non-hydrogen) atoms. The number of halogens is 3. The first-order chi connectivity index (χ1) is 14.8. The van der Waals surface area contributed by atoms with Crippen LogP contribution in [0.4, 0.5) is 13.2 Å². The molecule has 2 aromatic rings. The van der Waals surface area contributed by atoms with Crippen LogP contribution < -0.4 is 10.7 Å². The van der Waals surface area contributed by atoms with E-state index in [1.807, 2.05) is 6.92 Å². The monoisotopic (exact) mass is 437 g/mol. The minimum atomic E-state index is -1.09. The van der Waals surface area contributed by atoms with Gasteiger partial charge < -0.3 is 19.9 Å². The van der Waals surface area contributed by atoms with E-state index in [0.717, 1.165) is 29.3 Å². The Labute approximate surface area is 176 Å². The molecule has 0 spiro atoms. The number of unbranched alkanes of at least 4 members (excludes halogenated alkanes) is 1. The molecule has 2 amide bonds. The summed E-state index contributed by atoms with van der Waals surface area (Å²) >= 11 is 0. The second-order valence-electron chi connectivity index (χ2n) is 7.31. The van der Waals surface area contributed by atoms with Gasteiger partial charge in [-0.15, -0.1) is 0 Å². The molecule has 0 fully saturated rings. The number of hydrogen-bond acceptors (Lipinski definition) is 4. The van der Waals surface area contributed by atoms with Crippen molar-refractivity contribution in [1.29, 1.82) is 0 Å². The Kier molecular flexibility index (Phi) is 6.67. The van der Waals surface area contributed by atoms with Crippen molar-refractivity contribution < 1.29 is 27.9 Å². The third-order valence-corrected chi connectivity index (χ3v) is 5.18. The summed E-state index contributed by atoms with van der Waals surface area (Å²) in [4.78, 5) is 39.2. The summed E-state index contributed by atoms with van der Waals surface area (Å²) in [5.74, 6) is -4.16. The maximum atomic E-state index is 13.8. The van der Waals surface area contributed by atoms with Gasteiger partial charge in [-0.25, -0.2) is 13.2 Å². The molecule has 1 atom stereocenters. The molecule has 0 radical (unpaired) electrons. The van der Waals surface area contributed by atoms with Gasteiger partial charge in [0.25, 0.3) is 11.8 Å². The van der Waals surface area contributed by atoms with Crippen molar-refractivity contribution in [2.24, 2.45) is 0 Å². The fraction of sp³-hybridized carbons (Fsp3) is 0.381. The van der Waals surface area contributed by atoms with Gasteiger partial charge in [0, 0.05) is 37.5 Å². The van der Waals surface area contributed by atoms with E-state index in [0.29, 0.717) is 19.0 Å². The number of rotatable bonds is 7. The Morgan fingerprint density at radius 1 is 1.29 bits per heavy atom. The Morgan fingerprint density at radius 2 is 2.03 bits per heavy atom. The summed E-state index contributed by atoms with van der Waals surface area (Å²) in [7, 11) is 0. The van der Waals surface area contributed by atoms with E-state index < -0.39 is 52.9 Å². The molecule has 0 saturated heterocycles. The van der Waals surface area contributed by atoms with Crippen LogP contribution >= 0.6 is 0 Å². The number of aromatic nitrogens is 1. The standard InChI is InChI=1S/C21H22F3N3O4/c1-2-3-6-26-10-14(8-22)27-11-15(18(28)19(29)17(27)21(26)31)20(30)25-9-12-4-5-13(23)7-16(12)24/h4-5,7,11,14,29H,2-3,6,8-10H2,1H3,(H,25,30)/t14-/m1/s1. The fourth-order valence-electron chi connectivity index (χ4n) is 3.46. The molecule has 3 rings (SSSR count). The highest BCUT2D eigenvalue weighted by Gasteiger charge is 2.35. The van der Waals surface area contributed by atoms with E-state index >= 15 is 0 Å². The summed E-state index contributed by atoms with van der Waals surface area (Å²) in [6, 6.07) is 1.94. The first-order valence-electron chi connectivity index (χ1n) is 9.83. The van der Waals surface area contributed by atoms with Crippen molar-refractivity contribution in [1.82, 2.24) is 14.8 Å². The van der Waals surface area contributed by atoms with Gasteiger partial charge in [-0.05, 0) is 12.5 Å². The van der Waals surface area contributed by atoms with Crippen LogP contribution in [0.5, 0.6) is 5.75 Å².